The number of hydrogen-bond acceptors (Lipinski definition) is 6. The Kier molecular flexibility index (Phi) is 4.61. The zero-order chi connectivity index (χ0) is 16.9. The molecule has 1 aliphatic heterocycles. The molecule has 0 radical (unpaired) electrons. The zero-order valence-electron chi connectivity index (χ0n) is 13.9. The van der Waals surface area contributed by atoms with Crippen LogP contribution in [0, 0.1) is 0 Å². The molecule has 2 aromatic heterocycles. The average molecular weight is 332 g/mol. The molecule has 1 atom stereocenters. The predicted octanol–water partition coefficient (Wildman–Crippen LogP) is 2.76. The second kappa shape index (κ2) is 7.36. The summed E-state index contributed by atoms with van der Waals surface area (Å²) in [6.45, 7) is 2.03. The summed E-state index contributed by atoms with van der Waals surface area (Å²) in [4.78, 5) is 17.8. The van der Waals surface area contributed by atoms with E-state index in [1.54, 1.807) is 18.6 Å². The molecule has 1 fully saturated rings. The van der Waals surface area contributed by atoms with Gasteiger partial charge in [-0.2, -0.15) is 0 Å². The van der Waals surface area contributed by atoms with Gasteiger partial charge in [0.25, 0.3) is 0 Å². The first-order valence-electron chi connectivity index (χ1n) is 8.56. The lowest BCUT2D eigenvalue weighted by molar-refractivity contribution is 0.479. The van der Waals surface area contributed by atoms with Crippen LogP contribution in [0.3, 0.4) is 0 Å². The van der Waals surface area contributed by atoms with Crippen molar-refractivity contribution in [2.24, 2.45) is 0 Å². The van der Waals surface area contributed by atoms with Gasteiger partial charge >= 0.3 is 0 Å². The summed E-state index contributed by atoms with van der Waals surface area (Å²) in [7, 11) is 0. The largest absolute Gasteiger partial charge is 0.366 e. The van der Waals surface area contributed by atoms with Crippen molar-refractivity contribution in [3.63, 3.8) is 0 Å². The molecule has 0 aliphatic carbocycles. The van der Waals surface area contributed by atoms with Gasteiger partial charge in [0.1, 0.15) is 11.5 Å². The lowest BCUT2D eigenvalue weighted by Crippen LogP contribution is -2.38. The number of rotatable bonds is 4. The van der Waals surface area contributed by atoms with Crippen LogP contribution in [0.5, 0.6) is 0 Å². The van der Waals surface area contributed by atoms with Crippen LogP contribution in [-0.2, 0) is 0 Å². The molecule has 6 nitrogen and oxygen atoms in total. The van der Waals surface area contributed by atoms with Crippen molar-refractivity contribution >= 4 is 5.82 Å². The highest BCUT2D eigenvalue weighted by Gasteiger charge is 2.15. The van der Waals surface area contributed by atoms with Crippen LogP contribution >= 0.6 is 0 Å². The maximum atomic E-state index is 4.70. The molecular formula is C19H20N6. The Morgan fingerprint density at radius 3 is 2.72 bits per heavy atom. The minimum absolute atomic E-state index is 0.377. The maximum absolute atomic E-state index is 4.70. The van der Waals surface area contributed by atoms with Crippen LogP contribution in [0.1, 0.15) is 12.8 Å². The van der Waals surface area contributed by atoms with Crippen LogP contribution in [0.2, 0.25) is 0 Å². The van der Waals surface area contributed by atoms with Crippen molar-refractivity contribution in [3.8, 4) is 22.8 Å². The Labute approximate surface area is 146 Å². The molecule has 0 amide bonds. The van der Waals surface area contributed by atoms with E-state index in [1.165, 1.54) is 6.42 Å². The third-order valence-corrected chi connectivity index (χ3v) is 4.24. The topological polar surface area (TPSA) is 75.6 Å². The average Bonchev–Trinajstić information content (AvgIpc) is 2.70. The van der Waals surface area contributed by atoms with E-state index in [2.05, 4.69) is 37.7 Å². The number of benzene rings is 1. The van der Waals surface area contributed by atoms with Crippen LogP contribution in [0.25, 0.3) is 22.8 Å². The number of piperidine rings is 1. The fraction of sp³-hybridized carbons (Fsp3) is 0.263. The minimum atomic E-state index is 0.377. The third kappa shape index (κ3) is 3.80. The number of hydrogen-bond donors (Lipinski definition) is 2. The van der Waals surface area contributed by atoms with Gasteiger partial charge in [0.05, 0.1) is 11.9 Å². The summed E-state index contributed by atoms with van der Waals surface area (Å²) >= 11 is 0. The van der Waals surface area contributed by atoms with Crippen molar-refractivity contribution in [2.45, 2.75) is 18.9 Å². The Morgan fingerprint density at radius 2 is 1.96 bits per heavy atom. The summed E-state index contributed by atoms with van der Waals surface area (Å²) in [5.41, 5.74) is 2.60. The fourth-order valence-corrected chi connectivity index (χ4v) is 2.99. The standard InChI is InChI=1S/C19H20N6/c1-2-5-14(6-3-1)16-11-18(23-15-7-4-8-20-12-15)25-19(24-16)17-13-21-9-10-22-17/h1-3,5-6,9-11,13,15,20H,4,7-8,12H2,(H,23,24,25). The number of nitrogens with one attached hydrogen (secondary N) is 2. The van der Waals surface area contributed by atoms with Gasteiger partial charge in [0.15, 0.2) is 5.82 Å². The quantitative estimate of drug-likeness (QED) is 0.765. The maximum Gasteiger partial charge on any atom is 0.182 e. The molecule has 126 valence electrons. The molecule has 1 unspecified atom stereocenters. The van der Waals surface area contributed by atoms with Crippen molar-refractivity contribution < 1.29 is 0 Å². The minimum Gasteiger partial charge on any atom is -0.366 e. The Hall–Kier alpha value is -2.86. The van der Waals surface area contributed by atoms with Crippen molar-refractivity contribution in [1.82, 2.24) is 25.3 Å². The molecule has 1 aromatic carbocycles. The van der Waals surface area contributed by atoms with E-state index in [1.807, 2.05) is 24.3 Å². The summed E-state index contributed by atoms with van der Waals surface area (Å²) < 4.78 is 0. The molecule has 4 rings (SSSR count). The first-order valence-corrected chi connectivity index (χ1v) is 8.56. The second-order valence-corrected chi connectivity index (χ2v) is 6.11. The number of anilines is 1. The smallest absolute Gasteiger partial charge is 0.182 e. The second-order valence-electron chi connectivity index (χ2n) is 6.11. The fourth-order valence-electron chi connectivity index (χ4n) is 2.99. The molecular weight excluding hydrogens is 312 g/mol. The highest BCUT2D eigenvalue weighted by molar-refractivity contribution is 5.66. The Bertz CT molecular complexity index is 758. The summed E-state index contributed by atoms with van der Waals surface area (Å²) in [5, 5.41) is 6.96. The summed E-state index contributed by atoms with van der Waals surface area (Å²) in [6, 6.07) is 12.5. The Morgan fingerprint density at radius 1 is 1.04 bits per heavy atom. The Balaban J connectivity index is 1.72. The molecule has 1 aliphatic rings. The SMILES string of the molecule is c1ccc(-c2cc(NC3CCCNC3)nc(-c3cnccn3)n2)cc1. The molecule has 3 aromatic rings. The van der Waals surface area contributed by atoms with Crippen molar-refractivity contribution in [2.75, 3.05) is 18.4 Å². The van der Waals surface area contributed by atoms with Gasteiger partial charge in [-0.25, -0.2) is 15.0 Å². The molecule has 0 saturated carbocycles. The van der Waals surface area contributed by atoms with E-state index in [4.69, 9.17) is 4.98 Å². The molecule has 1 saturated heterocycles. The van der Waals surface area contributed by atoms with E-state index >= 15 is 0 Å². The van der Waals surface area contributed by atoms with Gasteiger partial charge in [0.2, 0.25) is 0 Å². The van der Waals surface area contributed by atoms with E-state index in [0.29, 0.717) is 17.6 Å². The van der Waals surface area contributed by atoms with E-state index < -0.39 is 0 Å². The van der Waals surface area contributed by atoms with E-state index in [9.17, 15) is 0 Å². The van der Waals surface area contributed by atoms with Crippen molar-refractivity contribution in [3.05, 3.63) is 55.0 Å². The summed E-state index contributed by atoms with van der Waals surface area (Å²) in [6.07, 6.45) is 7.31. The molecule has 2 N–H and O–H groups in total. The van der Waals surface area contributed by atoms with Crippen LogP contribution in [0.4, 0.5) is 5.82 Å². The highest BCUT2D eigenvalue weighted by Crippen LogP contribution is 2.24. The highest BCUT2D eigenvalue weighted by atomic mass is 15.1. The zero-order valence-corrected chi connectivity index (χ0v) is 13.9. The van der Waals surface area contributed by atoms with Gasteiger partial charge in [-0.05, 0) is 19.4 Å². The van der Waals surface area contributed by atoms with Gasteiger partial charge in [0, 0.05) is 36.6 Å². The molecule has 0 bridgehead atoms. The number of aromatic nitrogens is 4. The lowest BCUT2D eigenvalue weighted by Gasteiger charge is -2.24. The van der Waals surface area contributed by atoms with Gasteiger partial charge < -0.3 is 10.6 Å². The van der Waals surface area contributed by atoms with Crippen LogP contribution in [0.15, 0.2) is 55.0 Å². The third-order valence-electron chi connectivity index (χ3n) is 4.24. The van der Waals surface area contributed by atoms with Crippen molar-refractivity contribution in [1.29, 1.82) is 0 Å². The normalized spacial score (nSPS) is 17.2. The predicted molar refractivity (Wildman–Crippen MR) is 98.0 cm³/mol. The first-order chi connectivity index (χ1) is 12.4. The monoisotopic (exact) mass is 332 g/mol. The van der Waals surface area contributed by atoms with Crippen LogP contribution in [-0.4, -0.2) is 39.1 Å². The lowest BCUT2D eigenvalue weighted by atomic mass is 10.1. The molecule has 25 heavy (non-hydrogen) atoms. The van der Waals surface area contributed by atoms with Gasteiger partial charge in [-0.3, -0.25) is 4.98 Å². The molecule has 3 heterocycles. The van der Waals surface area contributed by atoms with E-state index in [-0.39, 0.29) is 0 Å². The summed E-state index contributed by atoms with van der Waals surface area (Å²) in [5.74, 6) is 1.41. The molecule has 0 spiro atoms. The van der Waals surface area contributed by atoms with Crippen LogP contribution < -0.4 is 10.6 Å². The van der Waals surface area contributed by atoms with E-state index in [0.717, 1.165) is 36.6 Å². The molecule has 6 heteroatoms. The number of nitrogens with zero attached hydrogens (tertiary/aromatic N) is 4. The first kappa shape index (κ1) is 15.7. The van der Waals surface area contributed by atoms with Gasteiger partial charge in [-0.1, -0.05) is 30.3 Å². The van der Waals surface area contributed by atoms with Gasteiger partial charge in [-0.15, -0.1) is 0 Å².